The van der Waals surface area contributed by atoms with Crippen LogP contribution in [0.5, 0.6) is 17.2 Å². The zero-order valence-corrected chi connectivity index (χ0v) is 16.7. The molecule has 2 aromatic carbocycles. The molecule has 0 aliphatic heterocycles. The van der Waals surface area contributed by atoms with E-state index in [1.807, 2.05) is 6.92 Å². The number of carbonyl (C=O) groups excluding carboxylic acids is 2. The molecule has 0 aliphatic carbocycles. The second-order valence-corrected chi connectivity index (χ2v) is 5.96. The number of hydrazone groups is 1. The molecule has 0 spiro atoms. The van der Waals surface area contributed by atoms with Crippen LogP contribution in [0.4, 0.5) is 0 Å². The minimum atomic E-state index is -0.446. The largest absolute Gasteiger partial charge is 0.494 e. The third-order valence-corrected chi connectivity index (χ3v) is 3.81. The summed E-state index contributed by atoms with van der Waals surface area (Å²) in [6.45, 7) is 2.44. The van der Waals surface area contributed by atoms with Gasteiger partial charge >= 0.3 is 0 Å². The molecule has 0 aromatic heterocycles. The Hall–Kier alpha value is -3.55. The molecule has 29 heavy (non-hydrogen) atoms. The molecule has 0 saturated heterocycles. The quantitative estimate of drug-likeness (QED) is 0.472. The van der Waals surface area contributed by atoms with E-state index in [0.29, 0.717) is 29.4 Å². The van der Waals surface area contributed by atoms with Gasteiger partial charge in [-0.05, 0) is 54.4 Å². The molecule has 2 rings (SSSR count). The first-order chi connectivity index (χ1) is 14.1. The number of hydrogen-bond donors (Lipinski definition) is 2. The topological polar surface area (TPSA) is 98.2 Å². The van der Waals surface area contributed by atoms with Crippen LogP contribution in [0.25, 0.3) is 0 Å². The van der Waals surface area contributed by atoms with Gasteiger partial charge in [-0.2, -0.15) is 5.10 Å². The summed E-state index contributed by atoms with van der Waals surface area (Å²) in [6, 6.07) is 12.0. The maximum absolute atomic E-state index is 12.1. The number of amides is 2. The Kier molecular flexibility index (Phi) is 8.50. The Bertz CT molecular complexity index is 850. The Morgan fingerprint density at radius 3 is 2.41 bits per heavy atom. The van der Waals surface area contributed by atoms with Crippen LogP contribution in [-0.4, -0.2) is 45.4 Å². The van der Waals surface area contributed by atoms with Crippen molar-refractivity contribution < 1.29 is 23.8 Å². The molecule has 0 bridgehead atoms. The molecule has 154 valence electrons. The molecule has 0 radical (unpaired) electrons. The molecule has 0 unspecified atom stereocenters. The van der Waals surface area contributed by atoms with Gasteiger partial charge in [0.25, 0.3) is 11.8 Å². The van der Waals surface area contributed by atoms with Crippen molar-refractivity contribution in [3.05, 3.63) is 53.6 Å². The zero-order chi connectivity index (χ0) is 21.1. The highest BCUT2D eigenvalue weighted by Gasteiger charge is 2.08. The van der Waals surface area contributed by atoms with E-state index in [0.717, 1.165) is 12.0 Å². The van der Waals surface area contributed by atoms with Gasteiger partial charge in [-0.3, -0.25) is 9.59 Å². The lowest BCUT2D eigenvalue weighted by Crippen LogP contribution is -2.34. The minimum Gasteiger partial charge on any atom is -0.494 e. The van der Waals surface area contributed by atoms with Gasteiger partial charge in [0.15, 0.2) is 11.5 Å². The normalized spacial score (nSPS) is 10.4. The van der Waals surface area contributed by atoms with Crippen molar-refractivity contribution in [3.63, 3.8) is 0 Å². The number of rotatable bonds is 10. The lowest BCUT2D eigenvalue weighted by molar-refractivity contribution is -0.120. The number of hydrogen-bond acceptors (Lipinski definition) is 6. The summed E-state index contributed by atoms with van der Waals surface area (Å²) in [4.78, 5) is 24.0. The lowest BCUT2D eigenvalue weighted by atomic mass is 10.2. The average molecular weight is 399 g/mol. The summed E-state index contributed by atoms with van der Waals surface area (Å²) in [5, 5.41) is 6.42. The van der Waals surface area contributed by atoms with Crippen molar-refractivity contribution >= 4 is 18.0 Å². The minimum absolute atomic E-state index is 0.198. The van der Waals surface area contributed by atoms with Gasteiger partial charge in [0.2, 0.25) is 0 Å². The van der Waals surface area contributed by atoms with E-state index in [-0.39, 0.29) is 12.5 Å². The molecule has 0 saturated carbocycles. The number of ether oxygens (including phenoxy) is 3. The predicted molar refractivity (Wildman–Crippen MR) is 110 cm³/mol. The summed E-state index contributed by atoms with van der Waals surface area (Å²) >= 11 is 0. The van der Waals surface area contributed by atoms with E-state index in [4.69, 9.17) is 14.2 Å². The second-order valence-electron chi connectivity index (χ2n) is 5.96. The molecule has 2 aromatic rings. The summed E-state index contributed by atoms with van der Waals surface area (Å²) < 4.78 is 15.8. The number of nitrogens with one attached hydrogen (secondary N) is 2. The summed E-state index contributed by atoms with van der Waals surface area (Å²) in [5.74, 6) is 1.05. The fourth-order valence-electron chi connectivity index (χ4n) is 2.34. The molecule has 8 nitrogen and oxygen atoms in total. The highest BCUT2D eigenvalue weighted by atomic mass is 16.5. The molecule has 0 fully saturated rings. The molecular formula is C21H25N3O5. The number of benzene rings is 2. The smallest absolute Gasteiger partial charge is 0.259 e. The highest BCUT2D eigenvalue weighted by molar-refractivity contribution is 5.96. The van der Waals surface area contributed by atoms with E-state index >= 15 is 0 Å². The van der Waals surface area contributed by atoms with Crippen LogP contribution in [0.1, 0.15) is 29.3 Å². The van der Waals surface area contributed by atoms with Gasteiger partial charge in [-0.15, -0.1) is 0 Å². The Morgan fingerprint density at radius 1 is 1.03 bits per heavy atom. The van der Waals surface area contributed by atoms with Crippen molar-refractivity contribution in [3.8, 4) is 17.2 Å². The fraction of sp³-hybridized carbons (Fsp3) is 0.286. The first-order valence-electron chi connectivity index (χ1n) is 9.12. The Balaban J connectivity index is 1.80. The Labute approximate surface area is 169 Å². The van der Waals surface area contributed by atoms with Crippen molar-refractivity contribution in [2.75, 3.05) is 27.4 Å². The van der Waals surface area contributed by atoms with Crippen LogP contribution < -0.4 is 25.0 Å². The maximum atomic E-state index is 12.1. The van der Waals surface area contributed by atoms with Crippen molar-refractivity contribution in [2.24, 2.45) is 5.10 Å². The van der Waals surface area contributed by atoms with Crippen molar-refractivity contribution in [2.45, 2.75) is 13.3 Å². The van der Waals surface area contributed by atoms with E-state index in [9.17, 15) is 9.59 Å². The first-order valence-corrected chi connectivity index (χ1v) is 9.12. The molecule has 2 amide bonds. The Morgan fingerprint density at radius 2 is 1.76 bits per heavy atom. The fourth-order valence-corrected chi connectivity index (χ4v) is 2.34. The van der Waals surface area contributed by atoms with Crippen LogP contribution >= 0.6 is 0 Å². The molecular weight excluding hydrogens is 374 g/mol. The second kappa shape index (κ2) is 11.3. The molecule has 0 aliphatic rings. The van der Waals surface area contributed by atoms with Gasteiger partial charge in [0, 0.05) is 5.56 Å². The lowest BCUT2D eigenvalue weighted by Gasteiger charge is -2.07. The van der Waals surface area contributed by atoms with Crippen LogP contribution in [0, 0.1) is 0 Å². The number of carbonyl (C=O) groups is 2. The molecule has 0 heterocycles. The van der Waals surface area contributed by atoms with Crippen LogP contribution in [0.15, 0.2) is 47.6 Å². The van der Waals surface area contributed by atoms with Crippen molar-refractivity contribution in [1.82, 2.24) is 10.7 Å². The van der Waals surface area contributed by atoms with Crippen LogP contribution in [-0.2, 0) is 4.79 Å². The maximum Gasteiger partial charge on any atom is 0.259 e. The standard InChI is InChI=1S/C21H25N3O5/c1-4-11-29-17-8-6-16(7-9-17)21(26)22-14-20(25)24-23-13-15-5-10-18(27-2)19(12-15)28-3/h5-10,12-13H,4,11,14H2,1-3H3,(H,22,26)(H,24,25)/b23-13+. The van der Waals surface area contributed by atoms with Gasteiger partial charge in [0.05, 0.1) is 33.6 Å². The molecule has 2 N–H and O–H groups in total. The van der Waals surface area contributed by atoms with E-state index in [1.165, 1.54) is 13.3 Å². The SMILES string of the molecule is CCCOc1ccc(C(=O)NCC(=O)N/N=C/c2ccc(OC)c(OC)c2)cc1. The summed E-state index contributed by atoms with van der Waals surface area (Å²) in [5.41, 5.74) is 3.52. The van der Waals surface area contributed by atoms with Crippen LogP contribution in [0.3, 0.4) is 0 Å². The van der Waals surface area contributed by atoms with E-state index in [2.05, 4.69) is 15.8 Å². The third-order valence-electron chi connectivity index (χ3n) is 3.81. The first kappa shape index (κ1) is 21.7. The van der Waals surface area contributed by atoms with Crippen molar-refractivity contribution in [1.29, 1.82) is 0 Å². The monoisotopic (exact) mass is 399 g/mol. The average Bonchev–Trinajstić information content (AvgIpc) is 2.76. The highest BCUT2D eigenvalue weighted by Crippen LogP contribution is 2.26. The number of nitrogens with zero attached hydrogens (tertiary/aromatic N) is 1. The predicted octanol–water partition coefficient (Wildman–Crippen LogP) is 2.37. The summed E-state index contributed by atoms with van der Waals surface area (Å²) in [7, 11) is 3.09. The van der Waals surface area contributed by atoms with E-state index < -0.39 is 5.91 Å². The zero-order valence-electron chi connectivity index (χ0n) is 16.7. The van der Waals surface area contributed by atoms with Gasteiger partial charge in [0.1, 0.15) is 5.75 Å². The summed E-state index contributed by atoms with van der Waals surface area (Å²) in [6.07, 6.45) is 2.38. The van der Waals surface area contributed by atoms with E-state index in [1.54, 1.807) is 49.6 Å². The molecule has 8 heteroatoms. The number of methoxy groups -OCH3 is 2. The van der Waals surface area contributed by atoms with Crippen LogP contribution in [0.2, 0.25) is 0 Å². The van der Waals surface area contributed by atoms with Gasteiger partial charge in [-0.1, -0.05) is 6.92 Å². The molecule has 0 atom stereocenters. The third kappa shape index (κ3) is 6.84. The van der Waals surface area contributed by atoms with Gasteiger partial charge < -0.3 is 19.5 Å². The van der Waals surface area contributed by atoms with Gasteiger partial charge in [-0.25, -0.2) is 5.43 Å².